The summed E-state index contributed by atoms with van der Waals surface area (Å²) in [5.41, 5.74) is 2.87. The molecule has 13 heavy (non-hydrogen) atoms. The summed E-state index contributed by atoms with van der Waals surface area (Å²) in [6.07, 6.45) is 3.35. The zero-order valence-corrected chi connectivity index (χ0v) is 7.47. The fourth-order valence-electron chi connectivity index (χ4n) is 1.29. The monoisotopic (exact) mass is 175 g/mol. The number of hydrogen-bond acceptors (Lipinski definition) is 4. The molecule has 2 aromatic rings. The van der Waals surface area contributed by atoms with Crippen molar-refractivity contribution in [3.63, 3.8) is 0 Å². The Labute approximate surface area is 75.4 Å². The predicted octanol–water partition coefficient (Wildman–Crippen LogP) is 0.581. The first-order valence-corrected chi connectivity index (χ1v) is 3.92. The normalized spacial score (nSPS) is 10.3. The van der Waals surface area contributed by atoms with Crippen LogP contribution in [0.4, 0.5) is 0 Å². The van der Waals surface area contributed by atoms with Gasteiger partial charge in [-0.2, -0.15) is 10.2 Å². The van der Waals surface area contributed by atoms with Crippen molar-refractivity contribution in [1.82, 2.24) is 25.2 Å². The maximum Gasteiger partial charge on any atom is 0.0928 e. The van der Waals surface area contributed by atoms with Crippen LogP contribution in [0.3, 0.4) is 0 Å². The Bertz CT molecular complexity index is 386. The highest BCUT2D eigenvalue weighted by atomic mass is 15.4. The van der Waals surface area contributed by atoms with Crippen molar-refractivity contribution < 1.29 is 0 Å². The van der Waals surface area contributed by atoms with Crippen LogP contribution in [0.5, 0.6) is 0 Å². The lowest BCUT2D eigenvalue weighted by atomic mass is 10.2. The standard InChI is InChI=1S/C8H9N5/c1-6-8(13(2)12-11-6)7-3-4-9-10-5-7/h3-5H,1-2H3. The van der Waals surface area contributed by atoms with Gasteiger partial charge in [-0.15, -0.1) is 5.10 Å². The summed E-state index contributed by atoms with van der Waals surface area (Å²) in [4.78, 5) is 0. The smallest absolute Gasteiger partial charge is 0.0928 e. The lowest BCUT2D eigenvalue weighted by Crippen LogP contribution is -1.95. The van der Waals surface area contributed by atoms with E-state index in [9.17, 15) is 0 Å². The predicted molar refractivity (Wildman–Crippen MR) is 46.8 cm³/mol. The van der Waals surface area contributed by atoms with E-state index in [4.69, 9.17) is 0 Å². The van der Waals surface area contributed by atoms with E-state index in [0.717, 1.165) is 17.0 Å². The molecule has 2 aromatic heterocycles. The largest absolute Gasteiger partial charge is 0.247 e. The number of rotatable bonds is 1. The second-order valence-corrected chi connectivity index (χ2v) is 2.78. The van der Waals surface area contributed by atoms with Crippen molar-refractivity contribution in [2.24, 2.45) is 7.05 Å². The first kappa shape index (κ1) is 7.85. The van der Waals surface area contributed by atoms with E-state index in [1.165, 1.54) is 0 Å². The highest BCUT2D eigenvalue weighted by Gasteiger charge is 2.08. The van der Waals surface area contributed by atoms with E-state index in [2.05, 4.69) is 20.5 Å². The molecule has 0 radical (unpaired) electrons. The highest BCUT2D eigenvalue weighted by molar-refractivity contribution is 5.59. The van der Waals surface area contributed by atoms with Crippen molar-refractivity contribution in [2.45, 2.75) is 6.92 Å². The van der Waals surface area contributed by atoms with E-state index < -0.39 is 0 Å². The Morgan fingerprint density at radius 3 is 2.69 bits per heavy atom. The van der Waals surface area contributed by atoms with E-state index in [0.29, 0.717) is 0 Å². The molecule has 0 spiro atoms. The molecular weight excluding hydrogens is 166 g/mol. The van der Waals surface area contributed by atoms with Crippen LogP contribution in [0, 0.1) is 6.92 Å². The summed E-state index contributed by atoms with van der Waals surface area (Å²) in [5.74, 6) is 0. The molecule has 0 saturated heterocycles. The average Bonchev–Trinajstić information content (AvgIpc) is 2.48. The minimum atomic E-state index is 0.899. The zero-order chi connectivity index (χ0) is 9.26. The number of aromatic nitrogens is 5. The van der Waals surface area contributed by atoms with Gasteiger partial charge in [0.2, 0.25) is 0 Å². The zero-order valence-electron chi connectivity index (χ0n) is 7.47. The molecule has 0 aromatic carbocycles. The topological polar surface area (TPSA) is 56.5 Å². The summed E-state index contributed by atoms with van der Waals surface area (Å²) < 4.78 is 1.73. The van der Waals surface area contributed by atoms with Crippen LogP contribution in [0.1, 0.15) is 5.69 Å². The molecule has 0 fully saturated rings. The first-order valence-electron chi connectivity index (χ1n) is 3.92. The van der Waals surface area contributed by atoms with Crippen LogP contribution in [-0.2, 0) is 7.05 Å². The van der Waals surface area contributed by atoms with Gasteiger partial charge in [0.05, 0.1) is 23.8 Å². The second kappa shape index (κ2) is 2.93. The van der Waals surface area contributed by atoms with E-state index >= 15 is 0 Å². The van der Waals surface area contributed by atoms with Gasteiger partial charge in [-0.1, -0.05) is 5.21 Å². The van der Waals surface area contributed by atoms with Gasteiger partial charge in [0.25, 0.3) is 0 Å². The van der Waals surface area contributed by atoms with Gasteiger partial charge in [0.1, 0.15) is 0 Å². The molecule has 2 rings (SSSR count). The minimum Gasteiger partial charge on any atom is -0.247 e. The summed E-state index contributed by atoms with van der Waals surface area (Å²) in [6.45, 7) is 1.92. The minimum absolute atomic E-state index is 0.899. The van der Waals surface area contributed by atoms with Gasteiger partial charge in [0, 0.05) is 12.6 Å². The fraction of sp³-hybridized carbons (Fsp3) is 0.250. The SMILES string of the molecule is Cc1nnn(C)c1-c1ccnnc1. The van der Waals surface area contributed by atoms with Gasteiger partial charge in [-0.25, -0.2) is 4.68 Å². The summed E-state index contributed by atoms with van der Waals surface area (Å²) >= 11 is 0. The lowest BCUT2D eigenvalue weighted by molar-refractivity contribution is 0.719. The lowest BCUT2D eigenvalue weighted by Gasteiger charge is -1.99. The van der Waals surface area contributed by atoms with Crippen LogP contribution >= 0.6 is 0 Å². The third-order valence-corrected chi connectivity index (χ3v) is 1.85. The molecular formula is C8H9N5. The van der Waals surface area contributed by atoms with Gasteiger partial charge in [-0.05, 0) is 13.0 Å². The van der Waals surface area contributed by atoms with Crippen molar-refractivity contribution in [1.29, 1.82) is 0 Å². The molecule has 0 amide bonds. The fourth-order valence-corrected chi connectivity index (χ4v) is 1.29. The van der Waals surface area contributed by atoms with Gasteiger partial charge in [0.15, 0.2) is 0 Å². The first-order chi connectivity index (χ1) is 6.29. The van der Waals surface area contributed by atoms with Gasteiger partial charge < -0.3 is 0 Å². The average molecular weight is 175 g/mol. The molecule has 0 aliphatic heterocycles. The Balaban J connectivity index is 2.59. The summed E-state index contributed by atoms with van der Waals surface area (Å²) in [7, 11) is 1.86. The van der Waals surface area contributed by atoms with Crippen LogP contribution in [0.2, 0.25) is 0 Å². The number of hydrogen-bond donors (Lipinski definition) is 0. The maximum absolute atomic E-state index is 3.96. The molecule has 0 atom stereocenters. The molecule has 5 heteroatoms. The molecule has 0 saturated carbocycles. The van der Waals surface area contributed by atoms with Gasteiger partial charge in [-0.3, -0.25) is 0 Å². The summed E-state index contributed by atoms with van der Waals surface area (Å²) in [5, 5.41) is 15.4. The Morgan fingerprint density at radius 1 is 1.31 bits per heavy atom. The van der Waals surface area contributed by atoms with Crippen molar-refractivity contribution in [3.8, 4) is 11.3 Å². The molecule has 5 nitrogen and oxygen atoms in total. The van der Waals surface area contributed by atoms with Crippen LogP contribution in [0.15, 0.2) is 18.5 Å². The third-order valence-electron chi connectivity index (χ3n) is 1.85. The maximum atomic E-state index is 3.96. The van der Waals surface area contributed by atoms with Crippen molar-refractivity contribution in [2.75, 3.05) is 0 Å². The number of aryl methyl sites for hydroxylation is 2. The van der Waals surface area contributed by atoms with Crippen molar-refractivity contribution >= 4 is 0 Å². The molecule has 0 unspecified atom stereocenters. The Hall–Kier alpha value is -1.78. The second-order valence-electron chi connectivity index (χ2n) is 2.78. The van der Waals surface area contributed by atoms with E-state index in [1.54, 1.807) is 17.1 Å². The number of nitrogens with zero attached hydrogens (tertiary/aromatic N) is 5. The molecule has 0 aliphatic carbocycles. The van der Waals surface area contributed by atoms with E-state index in [-0.39, 0.29) is 0 Å². The third kappa shape index (κ3) is 1.28. The molecule has 0 bridgehead atoms. The van der Waals surface area contributed by atoms with Crippen LogP contribution < -0.4 is 0 Å². The van der Waals surface area contributed by atoms with Gasteiger partial charge >= 0.3 is 0 Å². The summed E-state index contributed by atoms with van der Waals surface area (Å²) in [6, 6.07) is 1.89. The Kier molecular flexibility index (Phi) is 1.77. The Morgan fingerprint density at radius 2 is 2.15 bits per heavy atom. The molecule has 2 heterocycles. The van der Waals surface area contributed by atoms with Crippen LogP contribution in [0.25, 0.3) is 11.3 Å². The molecule has 0 N–H and O–H groups in total. The van der Waals surface area contributed by atoms with Crippen molar-refractivity contribution in [3.05, 3.63) is 24.2 Å². The molecule has 0 aliphatic rings. The highest BCUT2D eigenvalue weighted by Crippen LogP contribution is 2.18. The van der Waals surface area contributed by atoms with Crippen LogP contribution in [-0.4, -0.2) is 25.2 Å². The van der Waals surface area contributed by atoms with E-state index in [1.807, 2.05) is 20.0 Å². The molecule has 66 valence electrons. The quantitative estimate of drug-likeness (QED) is 0.636.